The van der Waals surface area contributed by atoms with Crippen LogP contribution in [0.3, 0.4) is 0 Å². The first-order chi connectivity index (χ1) is 11.5. The lowest BCUT2D eigenvalue weighted by atomic mass is 9.91. The molecule has 0 aromatic carbocycles. The van der Waals surface area contributed by atoms with Crippen LogP contribution in [0, 0.1) is 17.9 Å². The topological polar surface area (TPSA) is 82.6 Å². The van der Waals surface area contributed by atoms with Gasteiger partial charge >= 0.3 is 6.09 Å². The van der Waals surface area contributed by atoms with E-state index in [0.29, 0.717) is 56.0 Å². The van der Waals surface area contributed by atoms with Crippen molar-refractivity contribution in [2.75, 3.05) is 24.5 Å². The first-order valence-electron chi connectivity index (χ1n) is 7.75. The Morgan fingerprint density at radius 2 is 2.25 bits per heavy atom. The second-order valence-electron chi connectivity index (χ2n) is 5.92. The highest BCUT2D eigenvalue weighted by Crippen LogP contribution is 2.39. The number of nitriles is 1. The molecule has 0 unspecified atom stereocenters. The highest BCUT2D eigenvalue weighted by atomic mass is 35.5. The van der Waals surface area contributed by atoms with Gasteiger partial charge in [0.2, 0.25) is 5.69 Å². The van der Waals surface area contributed by atoms with Gasteiger partial charge < -0.3 is 15.0 Å². The molecule has 2 aliphatic heterocycles. The van der Waals surface area contributed by atoms with E-state index in [-0.39, 0.29) is 16.8 Å². The van der Waals surface area contributed by atoms with E-state index in [9.17, 15) is 10.1 Å². The van der Waals surface area contributed by atoms with Crippen molar-refractivity contribution in [3.05, 3.63) is 27.7 Å². The van der Waals surface area contributed by atoms with Gasteiger partial charge in [-0.05, 0) is 12.0 Å². The summed E-state index contributed by atoms with van der Waals surface area (Å²) >= 11 is 6.16. The van der Waals surface area contributed by atoms with E-state index in [1.165, 1.54) is 0 Å². The quantitative estimate of drug-likeness (QED) is 0.658. The smallest absolute Gasteiger partial charge is 0.407 e. The summed E-state index contributed by atoms with van der Waals surface area (Å²) < 4.78 is 5.41. The van der Waals surface area contributed by atoms with Gasteiger partial charge in [0.15, 0.2) is 0 Å². The molecule has 3 rings (SSSR count). The van der Waals surface area contributed by atoms with Crippen LogP contribution in [0.15, 0.2) is 0 Å². The van der Waals surface area contributed by atoms with Crippen LogP contribution in [0.25, 0.3) is 4.85 Å². The number of hydrogen-bond acceptors (Lipinski definition) is 5. The summed E-state index contributed by atoms with van der Waals surface area (Å²) in [7, 11) is 0. The van der Waals surface area contributed by atoms with Gasteiger partial charge in [-0.15, -0.1) is 0 Å². The fourth-order valence-electron chi connectivity index (χ4n) is 3.28. The summed E-state index contributed by atoms with van der Waals surface area (Å²) in [6.45, 7) is 11.1. The van der Waals surface area contributed by atoms with Gasteiger partial charge in [0.05, 0.1) is 18.7 Å². The molecule has 24 heavy (non-hydrogen) atoms. The van der Waals surface area contributed by atoms with Crippen molar-refractivity contribution in [2.24, 2.45) is 0 Å². The molecule has 0 atom stereocenters. The normalized spacial score (nSPS) is 18.7. The Bertz CT molecular complexity index is 772. The second-order valence-corrected chi connectivity index (χ2v) is 6.28. The van der Waals surface area contributed by atoms with Gasteiger partial charge in [-0.3, -0.25) is 0 Å². The second kappa shape index (κ2) is 6.18. The van der Waals surface area contributed by atoms with Gasteiger partial charge in [0, 0.05) is 25.9 Å². The number of halogens is 1. The zero-order chi connectivity index (χ0) is 17.3. The maximum atomic E-state index is 11.3. The van der Waals surface area contributed by atoms with Gasteiger partial charge in [0.25, 0.3) is 0 Å². The molecule has 7 nitrogen and oxygen atoms in total. The Balaban J connectivity index is 1.91. The number of carbonyl (C=O) groups is 1. The predicted molar refractivity (Wildman–Crippen MR) is 88.3 cm³/mol. The summed E-state index contributed by atoms with van der Waals surface area (Å²) in [5, 5.41) is 12.1. The highest BCUT2D eigenvalue weighted by Gasteiger charge is 2.43. The summed E-state index contributed by atoms with van der Waals surface area (Å²) in [5.41, 5.74) is 0.833. The summed E-state index contributed by atoms with van der Waals surface area (Å²) in [4.78, 5) is 21.2. The van der Waals surface area contributed by atoms with Gasteiger partial charge in [-0.25, -0.2) is 14.6 Å². The molecule has 0 saturated carbocycles. The van der Waals surface area contributed by atoms with Gasteiger partial charge in [-0.1, -0.05) is 18.5 Å². The Morgan fingerprint density at radius 1 is 1.54 bits per heavy atom. The Morgan fingerprint density at radius 3 is 2.75 bits per heavy atom. The fourth-order valence-corrected chi connectivity index (χ4v) is 3.52. The number of nitrogens with zero attached hydrogens (tertiary/aromatic N) is 4. The number of amides is 1. The number of nitrogens with one attached hydrogen (secondary N) is 1. The molecule has 2 fully saturated rings. The van der Waals surface area contributed by atoms with Crippen LogP contribution in [-0.4, -0.2) is 36.3 Å². The lowest BCUT2D eigenvalue weighted by Crippen LogP contribution is -2.47. The number of aromatic nitrogens is 1. The van der Waals surface area contributed by atoms with E-state index in [4.69, 9.17) is 22.9 Å². The highest BCUT2D eigenvalue weighted by molar-refractivity contribution is 6.31. The molecule has 1 aromatic rings. The Hall–Kier alpha value is -2.51. The van der Waals surface area contributed by atoms with Crippen molar-refractivity contribution < 1.29 is 9.53 Å². The third kappa shape index (κ3) is 2.61. The minimum absolute atomic E-state index is 0.131. The van der Waals surface area contributed by atoms with E-state index < -0.39 is 5.60 Å². The van der Waals surface area contributed by atoms with Crippen LogP contribution in [0.5, 0.6) is 0 Å². The van der Waals surface area contributed by atoms with Crippen molar-refractivity contribution in [3.63, 3.8) is 0 Å². The van der Waals surface area contributed by atoms with Crippen molar-refractivity contribution in [3.8, 4) is 6.07 Å². The Labute approximate surface area is 145 Å². The zero-order valence-electron chi connectivity index (χ0n) is 13.2. The number of ether oxygens (including phenoxy) is 1. The van der Waals surface area contributed by atoms with Crippen LogP contribution in [0.1, 0.15) is 30.9 Å². The molecule has 2 saturated heterocycles. The minimum Gasteiger partial charge on any atom is -0.441 e. The average molecular weight is 346 g/mol. The number of piperidine rings is 1. The van der Waals surface area contributed by atoms with Crippen LogP contribution in [0.2, 0.25) is 5.15 Å². The van der Waals surface area contributed by atoms with Crippen molar-refractivity contribution in [2.45, 2.75) is 31.8 Å². The first-order valence-corrected chi connectivity index (χ1v) is 8.13. The van der Waals surface area contributed by atoms with Crippen molar-refractivity contribution in [1.82, 2.24) is 10.3 Å². The Kier molecular flexibility index (Phi) is 4.21. The molecular weight excluding hydrogens is 330 g/mol. The number of carbonyl (C=O) groups excluding carboxylic acids is 1. The molecule has 0 radical (unpaired) electrons. The van der Waals surface area contributed by atoms with E-state index in [0.717, 1.165) is 0 Å². The molecular formula is C16H16ClN5O2. The third-order valence-corrected chi connectivity index (χ3v) is 4.90. The van der Waals surface area contributed by atoms with Crippen LogP contribution >= 0.6 is 11.6 Å². The lowest BCUT2D eigenvalue weighted by molar-refractivity contribution is 0.0366. The SMILES string of the molecule is [C-]#[N+]c1c(N2CCC3(CC2)CNC(=O)O3)nc(Cl)c(C#N)c1CC. The maximum absolute atomic E-state index is 11.3. The fraction of sp³-hybridized carbons (Fsp3) is 0.500. The van der Waals surface area contributed by atoms with E-state index in [1.807, 2.05) is 17.9 Å². The average Bonchev–Trinajstić information content (AvgIpc) is 2.94. The number of pyridine rings is 1. The number of rotatable bonds is 2. The maximum Gasteiger partial charge on any atom is 0.407 e. The van der Waals surface area contributed by atoms with E-state index >= 15 is 0 Å². The molecule has 1 amide bonds. The zero-order valence-corrected chi connectivity index (χ0v) is 14.0. The molecule has 1 N–H and O–H groups in total. The van der Waals surface area contributed by atoms with Crippen LogP contribution < -0.4 is 10.2 Å². The van der Waals surface area contributed by atoms with Gasteiger partial charge in [0.1, 0.15) is 22.6 Å². The van der Waals surface area contributed by atoms with Crippen molar-refractivity contribution in [1.29, 1.82) is 5.26 Å². The molecule has 0 aliphatic carbocycles. The molecule has 1 aromatic heterocycles. The molecule has 124 valence electrons. The van der Waals surface area contributed by atoms with Crippen molar-refractivity contribution >= 4 is 29.2 Å². The molecule has 1 spiro atoms. The third-order valence-electron chi connectivity index (χ3n) is 4.63. The number of alkyl carbamates (subject to hydrolysis) is 1. The van der Waals surface area contributed by atoms with E-state index in [1.54, 1.807) is 0 Å². The van der Waals surface area contributed by atoms with Gasteiger partial charge in [-0.2, -0.15) is 5.26 Å². The summed E-state index contributed by atoms with van der Waals surface area (Å²) in [5.74, 6) is 0.512. The molecule has 3 heterocycles. The van der Waals surface area contributed by atoms with E-state index in [2.05, 4.69) is 15.1 Å². The molecule has 0 bridgehead atoms. The number of anilines is 1. The lowest BCUT2D eigenvalue weighted by Gasteiger charge is -2.38. The minimum atomic E-state index is -0.462. The molecule has 8 heteroatoms. The molecule has 2 aliphatic rings. The first kappa shape index (κ1) is 16.4. The predicted octanol–water partition coefficient (Wildman–Crippen LogP) is 2.80. The number of hydrogen-bond donors (Lipinski definition) is 1. The van der Waals surface area contributed by atoms with Crippen LogP contribution in [0.4, 0.5) is 16.3 Å². The summed E-state index contributed by atoms with van der Waals surface area (Å²) in [6.07, 6.45) is 1.47. The summed E-state index contributed by atoms with van der Waals surface area (Å²) in [6, 6.07) is 2.04. The standard InChI is InChI=1S/C16H16ClN5O2/c1-3-10-11(8-18)13(17)21-14(12(10)19-2)22-6-4-16(5-7-22)9-20-15(23)24-16/h3-7,9H2,1H3,(H,20,23). The van der Waals surface area contributed by atoms with Crippen LogP contribution in [-0.2, 0) is 11.2 Å². The monoisotopic (exact) mass is 345 g/mol. The largest absolute Gasteiger partial charge is 0.441 e.